The fourth-order valence-corrected chi connectivity index (χ4v) is 1.48. The SMILES string of the molecule is CCOCC(C)NC(=O)[C@H](N)c1ccccc1. The molecule has 0 aliphatic rings. The number of nitrogens with one attached hydrogen (secondary N) is 1. The van der Waals surface area contributed by atoms with E-state index >= 15 is 0 Å². The molecule has 0 aromatic heterocycles. The first kappa shape index (κ1) is 13.7. The molecule has 2 atom stereocenters. The van der Waals surface area contributed by atoms with Gasteiger partial charge in [-0.1, -0.05) is 30.3 Å². The zero-order valence-electron chi connectivity index (χ0n) is 10.3. The highest BCUT2D eigenvalue weighted by Crippen LogP contribution is 2.09. The minimum Gasteiger partial charge on any atom is -0.380 e. The fraction of sp³-hybridized carbons (Fsp3) is 0.462. The van der Waals surface area contributed by atoms with Crippen LogP contribution in [0, 0.1) is 0 Å². The number of rotatable bonds is 6. The molecule has 3 N–H and O–H groups in total. The van der Waals surface area contributed by atoms with Crippen LogP contribution in [0.25, 0.3) is 0 Å². The Morgan fingerprint density at radius 2 is 2.06 bits per heavy atom. The molecule has 4 heteroatoms. The molecule has 0 fully saturated rings. The molecule has 1 aromatic carbocycles. The molecule has 0 spiro atoms. The predicted octanol–water partition coefficient (Wildman–Crippen LogP) is 1.23. The van der Waals surface area contributed by atoms with Crippen LogP contribution < -0.4 is 11.1 Å². The van der Waals surface area contributed by atoms with Crippen LogP contribution in [0.1, 0.15) is 25.5 Å². The Morgan fingerprint density at radius 1 is 1.41 bits per heavy atom. The first-order valence-electron chi connectivity index (χ1n) is 5.83. The van der Waals surface area contributed by atoms with E-state index in [1.165, 1.54) is 0 Å². The summed E-state index contributed by atoms with van der Waals surface area (Å²) in [6.07, 6.45) is 0. The van der Waals surface area contributed by atoms with Crippen molar-refractivity contribution in [1.82, 2.24) is 5.32 Å². The van der Waals surface area contributed by atoms with Crippen LogP contribution in [0.3, 0.4) is 0 Å². The maximum atomic E-state index is 11.8. The summed E-state index contributed by atoms with van der Waals surface area (Å²) in [4.78, 5) is 11.8. The summed E-state index contributed by atoms with van der Waals surface area (Å²) in [6, 6.07) is 8.66. The first-order valence-corrected chi connectivity index (χ1v) is 5.83. The third-order valence-corrected chi connectivity index (χ3v) is 2.40. The van der Waals surface area contributed by atoms with Crippen LogP contribution in [-0.2, 0) is 9.53 Å². The van der Waals surface area contributed by atoms with E-state index in [0.29, 0.717) is 13.2 Å². The van der Waals surface area contributed by atoms with Gasteiger partial charge in [-0.3, -0.25) is 4.79 Å². The van der Waals surface area contributed by atoms with Crippen molar-refractivity contribution in [1.29, 1.82) is 0 Å². The molecule has 4 nitrogen and oxygen atoms in total. The third kappa shape index (κ3) is 4.54. The molecule has 94 valence electrons. The number of ether oxygens (including phenoxy) is 1. The largest absolute Gasteiger partial charge is 0.380 e. The molecule has 17 heavy (non-hydrogen) atoms. The van der Waals surface area contributed by atoms with Crippen molar-refractivity contribution in [3.63, 3.8) is 0 Å². The van der Waals surface area contributed by atoms with Gasteiger partial charge in [-0.05, 0) is 19.4 Å². The van der Waals surface area contributed by atoms with Gasteiger partial charge in [0.15, 0.2) is 0 Å². The van der Waals surface area contributed by atoms with Crippen LogP contribution in [0.5, 0.6) is 0 Å². The van der Waals surface area contributed by atoms with Crippen LogP contribution in [-0.4, -0.2) is 25.2 Å². The van der Waals surface area contributed by atoms with E-state index in [2.05, 4.69) is 5.32 Å². The zero-order valence-corrected chi connectivity index (χ0v) is 10.3. The second-order valence-electron chi connectivity index (χ2n) is 3.96. The van der Waals surface area contributed by atoms with Gasteiger partial charge in [0.2, 0.25) is 5.91 Å². The number of hydrogen-bond acceptors (Lipinski definition) is 3. The van der Waals surface area contributed by atoms with E-state index < -0.39 is 6.04 Å². The zero-order chi connectivity index (χ0) is 12.7. The molecule has 0 radical (unpaired) electrons. The van der Waals surface area contributed by atoms with Gasteiger partial charge in [0.05, 0.1) is 6.61 Å². The minimum absolute atomic E-state index is 0.0304. The molecule has 0 aliphatic heterocycles. The molecule has 1 unspecified atom stereocenters. The van der Waals surface area contributed by atoms with E-state index in [9.17, 15) is 4.79 Å². The van der Waals surface area contributed by atoms with E-state index in [1.807, 2.05) is 44.2 Å². The molecular weight excluding hydrogens is 216 g/mol. The van der Waals surface area contributed by atoms with Crippen LogP contribution in [0.2, 0.25) is 0 Å². The highest BCUT2D eigenvalue weighted by molar-refractivity contribution is 5.83. The molecular formula is C13H20N2O2. The Morgan fingerprint density at radius 3 is 2.65 bits per heavy atom. The second kappa shape index (κ2) is 7.04. The molecule has 0 bridgehead atoms. The highest BCUT2D eigenvalue weighted by atomic mass is 16.5. The standard InChI is InChI=1S/C13H20N2O2/c1-3-17-9-10(2)15-13(16)12(14)11-7-5-4-6-8-11/h4-8,10,12H,3,9,14H2,1-2H3,(H,15,16)/t10?,12-/m1/s1. The van der Waals surface area contributed by atoms with Crippen LogP contribution in [0.15, 0.2) is 30.3 Å². The van der Waals surface area contributed by atoms with Crippen LogP contribution in [0.4, 0.5) is 0 Å². The molecule has 1 rings (SSSR count). The normalized spacial score (nSPS) is 14.1. The van der Waals surface area contributed by atoms with E-state index in [-0.39, 0.29) is 11.9 Å². The Kier molecular flexibility index (Phi) is 5.66. The summed E-state index contributed by atoms with van der Waals surface area (Å²) in [5, 5.41) is 2.82. The topological polar surface area (TPSA) is 64.3 Å². The number of carbonyl (C=O) groups is 1. The lowest BCUT2D eigenvalue weighted by Crippen LogP contribution is -2.41. The fourth-order valence-electron chi connectivity index (χ4n) is 1.48. The summed E-state index contributed by atoms with van der Waals surface area (Å²) in [5.74, 6) is -0.177. The summed E-state index contributed by atoms with van der Waals surface area (Å²) < 4.78 is 5.23. The Hall–Kier alpha value is -1.39. The van der Waals surface area contributed by atoms with Gasteiger partial charge < -0.3 is 15.8 Å². The van der Waals surface area contributed by atoms with Crippen molar-refractivity contribution in [3.8, 4) is 0 Å². The highest BCUT2D eigenvalue weighted by Gasteiger charge is 2.17. The van der Waals surface area contributed by atoms with Gasteiger partial charge in [0.25, 0.3) is 0 Å². The Balaban J connectivity index is 2.47. The summed E-state index contributed by atoms with van der Waals surface area (Å²) in [6.45, 7) is 4.96. The van der Waals surface area contributed by atoms with Gasteiger partial charge in [-0.25, -0.2) is 0 Å². The maximum Gasteiger partial charge on any atom is 0.241 e. The van der Waals surface area contributed by atoms with E-state index in [1.54, 1.807) is 0 Å². The molecule has 0 saturated heterocycles. The molecule has 1 amide bonds. The summed E-state index contributed by atoms with van der Waals surface area (Å²) in [5.41, 5.74) is 6.68. The smallest absolute Gasteiger partial charge is 0.241 e. The van der Waals surface area contributed by atoms with Gasteiger partial charge in [0.1, 0.15) is 6.04 Å². The number of carbonyl (C=O) groups excluding carboxylic acids is 1. The quantitative estimate of drug-likeness (QED) is 0.780. The van der Waals surface area contributed by atoms with Gasteiger partial charge in [-0.2, -0.15) is 0 Å². The number of benzene rings is 1. The van der Waals surface area contributed by atoms with E-state index in [0.717, 1.165) is 5.56 Å². The minimum atomic E-state index is -0.625. The van der Waals surface area contributed by atoms with Crippen molar-refractivity contribution in [2.45, 2.75) is 25.9 Å². The van der Waals surface area contributed by atoms with E-state index in [4.69, 9.17) is 10.5 Å². The molecule has 0 heterocycles. The number of hydrogen-bond donors (Lipinski definition) is 2. The third-order valence-electron chi connectivity index (χ3n) is 2.40. The van der Waals surface area contributed by atoms with Crippen molar-refractivity contribution in [2.75, 3.05) is 13.2 Å². The van der Waals surface area contributed by atoms with Crippen LogP contribution >= 0.6 is 0 Å². The Bertz CT molecular complexity index is 341. The second-order valence-corrected chi connectivity index (χ2v) is 3.96. The maximum absolute atomic E-state index is 11.8. The lowest BCUT2D eigenvalue weighted by molar-refractivity contribution is -0.123. The molecule has 1 aromatic rings. The Labute approximate surface area is 102 Å². The van der Waals surface area contributed by atoms with Crippen molar-refractivity contribution in [3.05, 3.63) is 35.9 Å². The number of amides is 1. The van der Waals surface area contributed by atoms with Gasteiger partial charge >= 0.3 is 0 Å². The molecule has 0 saturated carbocycles. The summed E-state index contributed by atoms with van der Waals surface area (Å²) >= 11 is 0. The van der Waals surface area contributed by atoms with Gasteiger partial charge in [-0.15, -0.1) is 0 Å². The van der Waals surface area contributed by atoms with Crippen molar-refractivity contribution in [2.24, 2.45) is 5.73 Å². The monoisotopic (exact) mass is 236 g/mol. The predicted molar refractivity (Wildman–Crippen MR) is 67.5 cm³/mol. The number of nitrogens with two attached hydrogens (primary N) is 1. The first-order chi connectivity index (χ1) is 8.15. The average Bonchev–Trinajstić information content (AvgIpc) is 2.36. The average molecular weight is 236 g/mol. The lowest BCUT2D eigenvalue weighted by Gasteiger charge is -2.17. The van der Waals surface area contributed by atoms with Gasteiger partial charge in [0, 0.05) is 12.6 Å². The molecule has 0 aliphatic carbocycles. The lowest BCUT2D eigenvalue weighted by atomic mass is 10.1. The summed E-state index contributed by atoms with van der Waals surface area (Å²) in [7, 11) is 0. The van der Waals surface area contributed by atoms with Crippen molar-refractivity contribution >= 4 is 5.91 Å². The van der Waals surface area contributed by atoms with Crippen molar-refractivity contribution < 1.29 is 9.53 Å².